The van der Waals surface area contributed by atoms with Crippen molar-refractivity contribution < 1.29 is 4.79 Å². The zero-order chi connectivity index (χ0) is 14.8. The van der Waals surface area contributed by atoms with Crippen molar-refractivity contribution in [1.29, 1.82) is 0 Å². The molecule has 2 aromatic rings. The maximum absolute atomic E-state index is 12.4. The van der Waals surface area contributed by atoms with E-state index in [9.17, 15) is 4.79 Å². The van der Waals surface area contributed by atoms with Crippen LogP contribution in [0.1, 0.15) is 15.9 Å². The smallest absolute Gasteiger partial charge is 0.193 e. The van der Waals surface area contributed by atoms with Crippen molar-refractivity contribution in [3.8, 4) is 0 Å². The monoisotopic (exact) mass is 283 g/mol. The highest BCUT2D eigenvalue weighted by Gasteiger charge is 2.17. The van der Waals surface area contributed by atoms with Gasteiger partial charge in [-0.2, -0.15) is 0 Å². The third kappa shape index (κ3) is 3.17. The van der Waals surface area contributed by atoms with E-state index < -0.39 is 8.07 Å². The highest BCUT2D eigenvalue weighted by molar-refractivity contribution is 6.88. The number of ketones is 1. The van der Waals surface area contributed by atoms with E-state index in [1.807, 2.05) is 43.4 Å². The summed E-state index contributed by atoms with van der Waals surface area (Å²) in [5.41, 5.74) is 2.49. The van der Waals surface area contributed by atoms with Crippen molar-refractivity contribution in [3.05, 3.63) is 59.7 Å². The Kier molecular flexibility index (Phi) is 4.09. The molecule has 0 saturated heterocycles. The first-order chi connectivity index (χ1) is 9.41. The second kappa shape index (κ2) is 5.63. The van der Waals surface area contributed by atoms with E-state index in [-0.39, 0.29) is 5.78 Å². The number of carbonyl (C=O) groups excluding carboxylic acids is 1. The van der Waals surface area contributed by atoms with Crippen LogP contribution in [0, 0.1) is 0 Å². The third-order valence-corrected chi connectivity index (χ3v) is 5.51. The van der Waals surface area contributed by atoms with E-state index >= 15 is 0 Å². The molecule has 0 fully saturated rings. The average molecular weight is 283 g/mol. The van der Waals surface area contributed by atoms with Gasteiger partial charge in [0.1, 0.15) is 0 Å². The Morgan fingerprint density at radius 3 is 1.70 bits per heavy atom. The van der Waals surface area contributed by atoms with Crippen molar-refractivity contribution >= 4 is 24.7 Å². The van der Waals surface area contributed by atoms with Gasteiger partial charge in [0, 0.05) is 23.9 Å². The zero-order valence-corrected chi connectivity index (χ0v) is 13.5. The minimum Gasteiger partial charge on any atom is -0.388 e. The number of hydrogen-bond acceptors (Lipinski definition) is 2. The van der Waals surface area contributed by atoms with Crippen LogP contribution in [0.5, 0.6) is 0 Å². The van der Waals surface area contributed by atoms with Gasteiger partial charge in [-0.3, -0.25) is 4.79 Å². The molecule has 0 aromatic heterocycles. The summed E-state index contributed by atoms with van der Waals surface area (Å²) in [6.45, 7) is 6.92. The minimum atomic E-state index is -1.30. The van der Waals surface area contributed by atoms with E-state index in [2.05, 4.69) is 37.1 Å². The molecule has 0 amide bonds. The maximum atomic E-state index is 12.4. The Morgan fingerprint density at radius 2 is 1.30 bits per heavy atom. The van der Waals surface area contributed by atoms with Gasteiger partial charge in [0.2, 0.25) is 0 Å². The molecular weight excluding hydrogens is 262 g/mol. The number of anilines is 1. The molecule has 104 valence electrons. The first kappa shape index (κ1) is 14.5. The summed E-state index contributed by atoms with van der Waals surface area (Å²) in [5.74, 6) is 0.0785. The fraction of sp³-hybridized carbons (Fsp3) is 0.235. The average Bonchev–Trinajstić information content (AvgIpc) is 2.46. The van der Waals surface area contributed by atoms with Gasteiger partial charge in [0.25, 0.3) is 0 Å². The summed E-state index contributed by atoms with van der Waals surface area (Å²) < 4.78 is 0. The second-order valence-electron chi connectivity index (χ2n) is 5.98. The number of rotatable bonds is 4. The van der Waals surface area contributed by atoms with Crippen LogP contribution in [0.15, 0.2) is 48.5 Å². The number of hydrogen-bond donors (Lipinski definition) is 1. The molecule has 0 saturated carbocycles. The summed E-state index contributed by atoms with van der Waals surface area (Å²) in [4.78, 5) is 12.4. The molecule has 0 aliphatic carbocycles. The molecule has 0 spiro atoms. The molecule has 0 aliphatic rings. The molecule has 20 heavy (non-hydrogen) atoms. The molecule has 0 aliphatic heterocycles. The lowest BCUT2D eigenvalue weighted by Gasteiger charge is -2.16. The number of carbonyl (C=O) groups is 1. The Balaban J connectivity index is 2.24. The lowest BCUT2D eigenvalue weighted by molar-refractivity contribution is 0.103. The molecule has 0 radical (unpaired) electrons. The van der Waals surface area contributed by atoms with Crippen molar-refractivity contribution in [2.75, 3.05) is 12.4 Å². The lowest BCUT2D eigenvalue weighted by Crippen LogP contribution is -2.37. The second-order valence-corrected chi connectivity index (χ2v) is 11.1. The maximum Gasteiger partial charge on any atom is 0.193 e. The number of nitrogens with one attached hydrogen (secondary N) is 1. The van der Waals surface area contributed by atoms with Gasteiger partial charge in [-0.05, 0) is 24.3 Å². The largest absolute Gasteiger partial charge is 0.388 e. The standard InChI is InChI=1S/C17H21NOSi/c1-18-15-9-5-13(6-10-15)17(19)14-7-11-16(12-8-14)20(2,3)4/h5-12,18H,1-4H3. The molecule has 1 N–H and O–H groups in total. The van der Waals surface area contributed by atoms with Crippen molar-refractivity contribution in [3.63, 3.8) is 0 Å². The quantitative estimate of drug-likeness (QED) is 0.687. The first-order valence-corrected chi connectivity index (χ1v) is 10.3. The van der Waals surface area contributed by atoms with Crippen LogP contribution in [0.25, 0.3) is 0 Å². The van der Waals surface area contributed by atoms with Crippen LogP contribution in [0.3, 0.4) is 0 Å². The van der Waals surface area contributed by atoms with Crippen LogP contribution in [-0.2, 0) is 0 Å². The van der Waals surface area contributed by atoms with Gasteiger partial charge in [0.05, 0.1) is 8.07 Å². The van der Waals surface area contributed by atoms with Crippen LogP contribution < -0.4 is 10.5 Å². The molecule has 0 bridgehead atoms. The Hall–Kier alpha value is -1.87. The third-order valence-electron chi connectivity index (χ3n) is 3.45. The van der Waals surface area contributed by atoms with E-state index in [1.54, 1.807) is 0 Å². The van der Waals surface area contributed by atoms with Gasteiger partial charge < -0.3 is 5.32 Å². The molecule has 3 heteroatoms. The molecule has 2 aromatic carbocycles. The lowest BCUT2D eigenvalue weighted by atomic mass is 10.0. The SMILES string of the molecule is CNc1ccc(C(=O)c2ccc([Si](C)(C)C)cc2)cc1. The number of benzene rings is 2. The fourth-order valence-electron chi connectivity index (χ4n) is 2.08. The minimum absolute atomic E-state index is 0.0785. The van der Waals surface area contributed by atoms with Crippen molar-refractivity contribution in [1.82, 2.24) is 0 Å². The molecular formula is C17H21NOSi. The zero-order valence-electron chi connectivity index (χ0n) is 12.5. The van der Waals surface area contributed by atoms with E-state index in [0.717, 1.165) is 16.8 Å². The normalized spacial score (nSPS) is 11.2. The van der Waals surface area contributed by atoms with E-state index in [1.165, 1.54) is 5.19 Å². The molecule has 0 atom stereocenters. The summed E-state index contributed by atoms with van der Waals surface area (Å²) in [6, 6.07) is 15.7. The predicted molar refractivity (Wildman–Crippen MR) is 88.8 cm³/mol. The molecule has 0 unspecified atom stereocenters. The van der Waals surface area contributed by atoms with Crippen LogP contribution in [-0.4, -0.2) is 20.9 Å². The van der Waals surface area contributed by atoms with Gasteiger partial charge in [-0.25, -0.2) is 0 Å². The highest BCUT2D eigenvalue weighted by Crippen LogP contribution is 2.13. The molecule has 2 rings (SSSR count). The van der Waals surface area contributed by atoms with E-state index in [4.69, 9.17) is 0 Å². The summed E-state index contributed by atoms with van der Waals surface area (Å²) in [7, 11) is 0.565. The van der Waals surface area contributed by atoms with Crippen molar-refractivity contribution in [2.24, 2.45) is 0 Å². The van der Waals surface area contributed by atoms with E-state index in [0.29, 0.717) is 0 Å². The first-order valence-electron chi connectivity index (χ1n) is 6.85. The summed E-state index contributed by atoms with van der Waals surface area (Å²) in [6.07, 6.45) is 0. The predicted octanol–water partition coefficient (Wildman–Crippen LogP) is 3.50. The Morgan fingerprint density at radius 1 is 0.850 bits per heavy atom. The summed E-state index contributed by atoms with van der Waals surface area (Å²) in [5, 5.41) is 4.42. The highest BCUT2D eigenvalue weighted by atomic mass is 28.3. The molecule has 2 nitrogen and oxygen atoms in total. The summed E-state index contributed by atoms with van der Waals surface area (Å²) >= 11 is 0. The Labute approximate surface area is 121 Å². The van der Waals surface area contributed by atoms with Crippen LogP contribution in [0.2, 0.25) is 19.6 Å². The topological polar surface area (TPSA) is 29.1 Å². The van der Waals surface area contributed by atoms with Gasteiger partial charge in [-0.15, -0.1) is 0 Å². The van der Waals surface area contributed by atoms with Crippen molar-refractivity contribution in [2.45, 2.75) is 19.6 Å². The molecule has 0 heterocycles. The van der Waals surface area contributed by atoms with Crippen LogP contribution in [0.4, 0.5) is 5.69 Å². The van der Waals surface area contributed by atoms with Crippen LogP contribution >= 0.6 is 0 Å². The van der Waals surface area contributed by atoms with Gasteiger partial charge >= 0.3 is 0 Å². The van der Waals surface area contributed by atoms with Gasteiger partial charge in [-0.1, -0.05) is 49.1 Å². The fourth-order valence-corrected chi connectivity index (χ4v) is 3.24. The Bertz CT molecular complexity index is 594. The van der Waals surface area contributed by atoms with Gasteiger partial charge in [0.15, 0.2) is 5.78 Å².